The fraction of sp³-hybridized carbons (Fsp3) is 0.688. The Balaban J connectivity index is 2.24. The molecule has 0 amide bonds. The van der Waals surface area contributed by atoms with E-state index in [2.05, 4.69) is 30.7 Å². The van der Waals surface area contributed by atoms with Crippen LogP contribution in [0.2, 0.25) is 0 Å². The molecule has 1 heterocycles. The van der Waals surface area contributed by atoms with Crippen molar-refractivity contribution in [2.75, 3.05) is 0 Å². The van der Waals surface area contributed by atoms with Gasteiger partial charge >= 0.3 is 0 Å². The Morgan fingerprint density at radius 1 is 1.58 bits per heavy atom. The largest absolute Gasteiger partial charge is 0.449 e. The van der Waals surface area contributed by atoms with E-state index in [0.29, 0.717) is 11.8 Å². The third-order valence-corrected chi connectivity index (χ3v) is 4.93. The van der Waals surface area contributed by atoms with Gasteiger partial charge in [0.25, 0.3) is 0 Å². The smallest absolute Gasteiger partial charge is 0.180 e. The molecule has 19 heavy (non-hydrogen) atoms. The molecule has 1 saturated carbocycles. The predicted molar refractivity (Wildman–Crippen MR) is 74.3 cm³/mol. The number of aliphatic hydroxyl groups excluding tert-OH is 1. The Morgan fingerprint density at radius 2 is 2.37 bits per heavy atom. The molecule has 3 nitrogen and oxygen atoms in total. The van der Waals surface area contributed by atoms with Crippen molar-refractivity contribution in [1.82, 2.24) is 4.98 Å². The number of aliphatic hydroxyl groups is 1. The van der Waals surface area contributed by atoms with Gasteiger partial charge in [0.2, 0.25) is 0 Å². The molecule has 4 atom stereocenters. The van der Waals surface area contributed by atoms with E-state index in [4.69, 9.17) is 4.42 Å². The van der Waals surface area contributed by atoms with Gasteiger partial charge in [-0.2, -0.15) is 0 Å². The minimum atomic E-state index is -0.569. The van der Waals surface area contributed by atoms with Crippen LogP contribution in [0.5, 0.6) is 0 Å². The van der Waals surface area contributed by atoms with Gasteiger partial charge < -0.3 is 9.52 Å². The van der Waals surface area contributed by atoms with Crippen molar-refractivity contribution in [3.05, 3.63) is 18.4 Å². The van der Waals surface area contributed by atoms with Crippen LogP contribution in [-0.2, 0) is 6.42 Å². The van der Waals surface area contributed by atoms with Crippen molar-refractivity contribution in [2.24, 2.45) is 17.3 Å². The second-order valence-electron chi connectivity index (χ2n) is 5.86. The summed E-state index contributed by atoms with van der Waals surface area (Å²) in [4.78, 5) is 3.98. The monoisotopic (exact) mass is 261 g/mol. The standard InChI is InChI=1S/C16H23NO2/c1-4-6-15(18)16(3)12(2)7-5-8-13(16)9-14-10-17-11-19-14/h10-13,15,18H,5,7-9H2,1-3H3. The molecular formula is C16H23NO2. The summed E-state index contributed by atoms with van der Waals surface area (Å²) >= 11 is 0. The molecule has 1 N–H and O–H groups in total. The van der Waals surface area contributed by atoms with Crippen molar-refractivity contribution in [1.29, 1.82) is 0 Å². The molecule has 1 aliphatic carbocycles. The van der Waals surface area contributed by atoms with Crippen molar-refractivity contribution >= 4 is 0 Å². The Kier molecular flexibility index (Phi) is 4.31. The number of oxazole rings is 1. The summed E-state index contributed by atoms with van der Waals surface area (Å²) in [5.74, 6) is 7.57. The highest BCUT2D eigenvalue weighted by molar-refractivity contribution is 5.12. The molecule has 0 bridgehead atoms. The van der Waals surface area contributed by atoms with Crippen LogP contribution in [-0.4, -0.2) is 16.2 Å². The van der Waals surface area contributed by atoms with Crippen LogP contribution in [0.4, 0.5) is 0 Å². The quantitative estimate of drug-likeness (QED) is 0.851. The summed E-state index contributed by atoms with van der Waals surface area (Å²) < 4.78 is 5.38. The molecule has 1 aromatic heterocycles. The Morgan fingerprint density at radius 3 is 3.00 bits per heavy atom. The second-order valence-corrected chi connectivity index (χ2v) is 5.86. The molecule has 4 unspecified atom stereocenters. The van der Waals surface area contributed by atoms with E-state index in [1.54, 1.807) is 13.1 Å². The maximum Gasteiger partial charge on any atom is 0.180 e. The zero-order valence-corrected chi connectivity index (χ0v) is 12.0. The average molecular weight is 261 g/mol. The Labute approximate surface area is 115 Å². The molecule has 1 aliphatic rings. The SMILES string of the molecule is CC#CC(O)C1(C)C(C)CCCC1Cc1cnco1. The molecule has 1 fully saturated rings. The summed E-state index contributed by atoms with van der Waals surface area (Å²) in [6, 6.07) is 0. The minimum absolute atomic E-state index is 0.173. The van der Waals surface area contributed by atoms with Gasteiger partial charge in [-0.25, -0.2) is 4.98 Å². The summed E-state index contributed by atoms with van der Waals surface area (Å²) in [5.41, 5.74) is -0.173. The van der Waals surface area contributed by atoms with Crippen molar-refractivity contribution in [3.8, 4) is 11.8 Å². The fourth-order valence-electron chi connectivity index (χ4n) is 3.39. The van der Waals surface area contributed by atoms with Crippen LogP contribution in [0, 0.1) is 29.1 Å². The van der Waals surface area contributed by atoms with Crippen LogP contribution in [0.1, 0.15) is 45.8 Å². The van der Waals surface area contributed by atoms with Crippen LogP contribution >= 0.6 is 0 Å². The van der Waals surface area contributed by atoms with E-state index >= 15 is 0 Å². The first kappa shape index (κ1) is 14.1. The first-order chi connectivity index (χ1) is 9.09. The Hall–Kier alpha value is -1.27. The average Bonchev–Trinajstić information content (AvgIpc) is 2.88. The number of aromatic nitrogens is 1. The lowest BCUT2D eigenvalue weighted by molar-refractivity contribution is -0.0429. The molecule has 0 saturated heterocycles. The van der Waals surface area contributed by atoms with Gasteiger partial charge in [0.05, 0.1) is 6.20 Å². The zero-order chi connectivity index (χ0) is 13.9. The lowest BCUT2D eigenvalue weighted by Crippen LogP contribution is -2.47. The van der Waals surface area contributed by atoms with E-state index in [9.17, 15) is 5.11 Å². The highest BCUT2D eigenvalue weighted by Crippen LogP contribution is 2.48. The summed E-state index contributed by atoms with van der Waals surface area (Å²) in [6.45, 7) is 6.19. The topological polar surface area (TPSA) is 46.3 Å². The first-order valence-corrected chi connectivity index (χ1v) is 7.06. The van der Waals surface area contributed by atoms with E-state index in [-0.39, 0.29) is 5.41 Å². The van der Waals surface area contributed by atoms with Gasteiger partial charge in [-0.15, -0.1) is 5.92 Å². The summed E-state index contributed by atoms with van der Waals surface area (Å²) in [6.07, 6.45) is 7.00. The van der Waals surface area contributed by atoms with Crippen LogP contribution < -0.4 is 0 Å². The highest BCUT2D eigenvalue weighted by Gasteiger charge is 2.46. The van der Waals surface area contributed by atoms with Gasteiger partial charge in [-0.05, 0) is 25.2 Å². The molecule has 0 aliphatic heterocycles. The van der Waals surface area contributed by atoms with Crippen molar-refractivity contribution < 1.29 is 9.52 Å². The molecule has 0 spiro atoms. The maximum atomic E-state index is 10.5. The molecule has 0 radical (unpaired) electrons. The van der Waals surface area contributed by atoms with Crippen LogP contribution in [0.3, 0.4) is 0 Å². The number of hydrogen-bond donors (Lipinski definition) is 1. The lowest BCUT2D eigenvalue weighted by atomic mass is 9.58. The number of rotatable bonds is 3. The normalized spacial score (nSPS) is 32.4. The maximum absolute atomic E-state index is 10.5. The van der Waals surface area contributed by atoms with Gasteiger partial charge in [-0.1, -0.05) is 32.6 Å². The number of hydrogen-bond acceptors (Lipinski definition) is 3. The molecule has 104 valence electrons. The first-order valence-electron chi connectivity index (χ1n) is 7.06. The molecule has 1 aromatic rings. The van der Waals surface area contributed by atoms with Crippen LogP contribution in [0.25, 0.3) is 0 Å². The highest BCUT2D eigenvalue weighted by atomic mass is 16.3. The minimum Gasteiger partial charge on any atom is -0.449 e. The van der Waals surface area contributed by atoms with Gasteiger partial charge in [0, 0.05) is 11.8 Å². The van der Waals surface area contributed by atoms with Crippen molar-refractivity contribution in [3.63, 3.8) is 0 Å². The summed E-state index contributed by atoms with van der Waals surface area (Å²) in [7, 11) is 0. The van der Waals surface area contributed by atoms with Crippen LogP contribution in [0.15, 0.2) is 17.0 Å². The number of nitrogens with zero attached hydrogens (tertiary/aromatic N) is 1. The van der Waals surface area contributed by atoms with Gasteiger partial charge in [0.15, 0.2) is 6.39 Å². The van der Waals surface area contributed by atoms with E-state index in [1.165, 1.54) is 12.8 Å². The van der Waals surface area contributed by atoms with E-state index in [0.717, 1.165) is 25.0 Å². The Bertz CT molecular complexity index is 457. The van der Waals surface area contributed by atoms with Gasteiger partial charge in [0.1, 0.15) is 11.9 Å². The molecule has 0 aromatic carbocycles. The zero-order valence-electron chi connectivity index (χ0n) is 12.0. The summed E-state index contributed by atoms with van der Waals surface area (Å²) in [5, 5.41) is 10.5. The second kappa shape index (κ2) is 5.79. The van der Waals surface area contributed by atoms with E-state index in [1.807, 2.05) is 0 Å². The van der Waals surface area contributed by atoms with Crippen molar-refractivity contribution in [2.45, 2.75) is 52.6 Å². The molecule has 3 heteroatoms. The third-order valence-electron chi connectivity index (χ3n) is 4.93. The third kappa shape index (κ3) is 2.69. The predicted octanol–water partition coefficient (Wildman–Crippen LogP) is 3.04. The van der Waals surface area contributed by atoms with Gasteiger partial charge in [-0.3, -0.25) is 0 Å². The molecular weight excluding hydrogens is 238 g/mol. The lowest BCUT2D eigenvalue weighted by Gasteiger charge is -2.47. The fourth-order valence-corrected chi connectivity index (χ4v) is 3.39. The van der Waals surface area contributed by atoms with E-state index < -0.39 is 6.10 Å². The molecule has 2 rings (SSSR count).